The van der Waals surface area contributed by atoms with Crippen molar-refractivity contribution in [1.29, 1.82) is 0 Å². The van der Waals surface area contributed by atoms with Gasteiger partial charge in [-0.2, -0.15) is 0 Å². The third kappa shape index (κ3) is 9.95. The molecular formula is C30H44ClN5O4S. The minimum atomic E-state index is -0.0176. The van der Waals surface area contributed by atoms with Crippen LogP contribution in [0.15, 0.2) is 29.4 Å². The third-order valence-corrected chi connectivity index (χ3v) is 8.39. The van der Waals surface area contributed by atoms with E-state index in [1.54, 1.807) is 32.2 Å². The number of ether oxygens (including phenoxy) is 2. The number of hydrogen-bond donors (Lipinski definition) is 0. The Morgan fingerprint density at radius 3 is 2.54 bits per heavy atom. The molecule has 1 saturated heterocycles. The Morgan fingerprint density at radius 2 is 1.83 bits per heavy atom. The van der Waals surface area contributed by atoms with Crippen LogP contribution in [0.4, 0.5) is 5.82 Å². The number of rotatable bonds is 15. The second-order valence-electron chi connectivity index (χ2n) is 10.4. The lowest BCUT2D eigenvalue weighted by atomic mass is 10.1. The average Bonchev–Trinajstić information content (AvgIpc) is 2.97. The van der Waals surface area contributed by atoms with Gasteiger partial charge in [0.05, 0.1) is 20.0 Å². The van der Waals surface area contributed by atoms with E-state index in [2.05, 4.69) is 23.7 Å². The number of carbonyl (C=O) groups excluding carboxylic acids is 2. The fraction of sp³-hybridized carbons (Fsp3) is 0.600. The second-order valence-corrected chi connectivity index (χ2v) is 11.8. The quantitative estimate of drug-likeness (QED) is 0.116. The van der Waals surface area contributed by atoms with E-state index >= 15 is 0 Å². The summed E-state index contributed by atoms with van der Waals surface area (Å²) in [6.45, 7) is 6.86. The van der Waals surface area contributed by atoms with Crippen LogP contribution in [-0.4, -0.2) is 90.8 Å². The Morgan fingerprint density at radius 1 is 1.07 bits per heavy atom. The molecular weight excluding hydrogens is 562 g/mol. The standard InChI is InChI=1S/C30H44ClN5O4S/c1-6-7-8-9-10-11-28(37)36-17-16-35(20-22(36)2)27-19-26(31)32-30(33-27)41-21-29(38)34(3)15-14-23-12-13-24(39-4)25(18-23)40-5/h12-13,18-19,22H,6-11,14-17,20-21H2,1-5H3. The van der Waals surface area contributed by atoms with Crippen LogP contribution in [0.1, 0.15) is 57.9 Å². The number of anilines is 1. The number of unbranched alkanes of at least 4 members (excludes halogenated alkanes) is 4. The monoisotopic (exact) mass is 605 g/mol. The van der Waals surface area contributed by atoms with Gasteiger partial charge in [0.15, 0.2) is 16.7 Å². The average molecular weight is 606 g/mol. The van der Waals surface area contributed by atoms with Crippen molar-refractivity contribution in [3.8, 4) is 11.5 Å². The molecule has 3 rings (SSSR count). The van der Waals surface area contributed by atoms with Crippen LogP contribution in [-0.2, 0) is 16.0 Å². The number of methoxy groups -OCH3 is 2. The maximum atomic E-state index is 12.8. The summed E-state index contributed by atoms with van der Waals surface area (Å²) in [5.41, 5.74) is 1.06. The summed E-state index contributed by atoms with van der Waals surface area (Å²) in [4.78, 5) is 40.5. The lowest BCUT2D eigenvalue weighted by molar-refractivity contribution is -0.133. The van der Waals surface area contributed by atoms with Gasteiger partial charge in [0.25, 0.3) is 0 Å². The molecule has 226 valence electrons. The number of amides is 2. The molecule has 2 amide bonds. The summed E-state index contributed by atoms with van der Waals surface area (Å²) >= 11 is 7.63. The molecule has 1 aliphatic rings. The van der Waals surface area contributed by atoms with Crippen molar-refractivity contribution in [2.24, 2.45) is 0 Å². The van der Waals surface area contributed by atoms with Crippen molar-refractivity contribution < 1.29 is 19.1 Å². The first-order valence-electron chi connectivity index (χ1n) is 14.4. The van der Waals surface area contributed by atoms with Crippen LogP contribution in [0.3, 0.4) is 0 Å². The first kappa shape index (κ1) is 32.8. The normalized spacial score (nSPS) is 15.1. The first-order chi connectivity index (χ1) is 19.7. The Bertz CT molecular complexity index is 1150. The molecule has 1 aromatic heterocycles. The van der Waals surface area contributed by atoms with E-state index in [9.17, 15) is 9.59 Å². The van der Waals surface area contributed by atoms with Crippen LogP contribution in [0.25, 0.3) is 0 Å². The van der Waals surface area contributed by atoms with Gasteiger partial charge in [-0.25, -0.2) is 9.97 Å². The molecule has 1 fully saturated rings. The number of halogens is 1. The van der Waals surface area contributed by atoms with Crippen molar-refractivity contribution in [2.75, 3.05) is 58.1 Å². The zero-order valence-corrected chi connectivity index (χ0v) is 26.6. The summed E-state index contributed by atoms with van der Waals surface area (Å²) in [5, 5.41) is 0.803. The Labute approximate surface area is 253 Å². The Hall–Kier alpha value is -2.72. The number of likely N-dealkylation sites (N-methyl/N-ethyl adjacent to an activating group) is 1. The predicted molar refractivity (Wildman–Crippen MR) is 165 cm³/mol. The molecule has 1 unspecified atom stereocenters. The van der Waals surface area contributed by atoms with Gasteiger partial charge < -0.3 is 24.2 Å². The molecule has 0 saturated carbocycles. The van der Waals surface area contributed by atoms with Gasteiger partial charge in [0.1, 0.15) is 11.0 Å². The molecule has 2 aromatic rings. The van der Waals surface area contributed by atoms with Gasteiger partial charge in [0, 0.05) is 51.8 Å². The molecule has 2 heterocycles. The van der Waals surface area contributed by atoms with E-state index in [-0.39, 0.29) is 23.6 Å². The fourth-order valence-electron chi connectivity index (χ4n) is 4.87. The number of carbonyl (C=O) groups is 2. The smallest absolute Gasteiger partial charge is 0.232 e. The molecule has 1 aliphatic heterocycles. The van der Waals surface area contributed by atoms with E-state index in [4.69, 9.17) is 26.1 Å². The van der Waals surface area contributed by atoms with Crippen molar-refractivity contribution in [1.82, 2.24) is 19.8 Å². The number of aromatic nitrogens is 2. The van der Waals surface area contributed by atoms with E-state index < -0.39 is 0 Å². The summed E-state index contributed by atoms with van der Waals surface area (Å²) in [7, 11) is 5.01. The maximum absolute atomic E-state index is 12.8. The number of piperazine rings is 1. The molecule has 1 aromatic carbocycles. The molecule has 41 heavy (non-hydrogen) atoms. The first-order valence-corrected chi connectivity index (χ1v) is 15.8. The van der Waals surface area contributed by atoms with Gasteiger partial charge >= 0.3 is 0 Å². The minimum Gasteiger partial charge on any atom is -0.493 e. The number of benzene rings is 1. The van der Waals surface area contributed by atoms with E-state index in [0.717, 1.165) is 24.2 Å². The van der Waals surface area contributed by atoms with Crippen LogP contribution < -0.4 is 14.4 Å². The molecule has 1 atom stereocenters. The highest BCUT2D eigenvalue weighted by molar-refractivity contribution is 7.99. The molecule has 0 aliphatic carbocycles. The lowest BCUT2D eigenvalue weighted by Gasteiger charge is -2.40. The highest BCUT2D eigenvalue weighted by Gasteiger charge is 2.28. The van der Waals surface area contributed by atoms with Gasteiger partial charge in [-0.1, -0.05) is 62.0 Å². The largest absolute Gasteiger partial charge is 0.493 e. The lowest BCUT2D eigenvalue weighted by Crippen LogP contribution is -2.54. The molecule has 9 nitrogen and oxygen atoms in total. The summed E-state index contributed by atoms with van der Waals surface area (Å²) in [6, 6.07) is 7.60. The third-order valence-electron chi connectivity index (χ3n) is 7.36. The van der Waals surface area contributed by atoms with Gasteiger partial charge in [-0.15, -0.1) is 0 Å². The molecule has 0 spiro atoms. The van der Waals surface area contributed by atoms with Gasteiger partial charge in [-0.3, -0.25) is 9.59 Å². The molecule has 0 radical (unpaired) electrons. The van der Waals surface area contributed by atoms with Crippen LogP contribution in [0, 0.1) is 0 Å². The summed E-state index contributed by atoms with van der Waals surface area (Å²) in [5.74, 6) is 2.49. The van der Waals surface area contributed by atoms with Gasteiger partial charge in [0.2, 0.25) is 11.8 Å². The molecule has 0 N–H and O–H groups in total. The van der Waals surface area contributed by atoms with E-state index in [1.165, 1.54) is 31.0 Å². The Kier molecular flexibility index (Phi) is 13.3. The number of thioether (sulfide) groups is 1. The number of hydrogen-bond acceptors (Lipinski definition) is 8. The zero-order valence-electron chi connectivity index (χ0n) is 25.0. The highest BCUT2D eigenvalue weighted by Crippen LogP contribution is 2.28. The maximum Gasteiger partial charge on any atom is 0.232 e. The van der Waals surface area contributed by atoms with Crippen molar-refractivity contribution >= 4 is 41.0 Å². The van der Waals surface area contributed by atoms with Crippen molar-refractivity contribution in [3.05, 3.63) is 35.0 Å². The van der Waals surface area contributed by atoms with Crippen molar-refractivity contribution in [2.45, 2.75) is 70.0 Å². The van der Waals surface area contributed by atoms with E-state index in [1.807, 2.05) is 23.1 Å². The number of nitrogens with zero attached hydrogens (tertiary/aromatic N) is 5. The van der Waals surface area contributed by atoms with Crippen molar-refractivity contribution in [3.63, 3.8) is 0 Å². The second kappa shape index (κ2) is 16.7. The summed E-state index contributed by atoms with van der Waals surface area (Å²) in [6.07, 6.45) is 7.01. The van der Waals surface area contributed by atoms with Crippen LogP contribution in [0.2, 0.25) is 5.15 Å². The predicted octanol–water partition coefficient (Wildman–Crippen LogP) is 5.34. The molecule has 0 bridgehead atoms. The Balaban J connectivity index is 1.49. The summed E-state index contributed by atoms with van der Waals surface area (Å²) < 4.78 is 10.7. The van der Waals surface area contributed by atoms with Crippen LogP contribution in [0.5, 0.6) is 11.5 Å². The SMILES string of the molecule is CCCCCCCC(=O)N1CCN(c2cc(Cl)nc(SCC(=O)N(C)CCc3ccc(OC)c(OC)c3)n2)CC1C. The minimum absolute atomic E-state index is 0.0176. The molecule has 11 heteroatoms. The zero-order chi connectivity index (χ0) is 29.8. The fourth-order valence-corrected chi connectivity index (χ4v) is 5.89. The van der Waals surface area contributed by atoms with Gasteiger partial charge in [-0.05, 0) is 37.5 Å². The van der Waals surface area contributed by atoms with Crippen LogP contribution >= 0.6 is 23.4 Å². The van der Waals surface area contributed by atoms with E-state index in [0.29, 0.717) is 60.8 Å². The highest BCUT2D eigenvalue weighted by atomic mass is 35.5. The topological polar surface area (TPSA) is 88.1 Å².